The Kier molecular flexibility index (Phi) is 5.29. The van der Waals surface area contributed by atoms with Crippen LogP contribution in [0.3, 0.4) is 0 Å². The van der Waals surface area contributed by atoms with E-state index in [1.165, 1.54) is 4.90 Å². The van der Waals surface area contributed by atoms with E-state index >= 15 is 0 Å². The second-order valence-electron chi connectivity index (χ2n) is 6.41. The van der Waals surface area contributed by atoms with E-state index in [1.54, 1.807) is 18.2 Å². The van der Waals surface area contributed by atoms with Gasteiger partial charge in [-0.05, 0) is 37.5 Å². The van der Waals surface area contributed by atoms with Gasteiger partial charge in [-0.3, -0.25) is 9.59 Å². The first-order valence-corrected chi connectivity index (χ1v) is 8.75. The highest BCUT2D eigenvalue weighted by molar-refractivity contribution is 5.99. The van der Waals surface area contributed by atoms with Crippen molar-refractivity contribution in [2.75, 3.05) is 13.3 Å². The van der Waals surface area contributed by atoms with Crippen LogP contribution in [-0.2, 0) is 9.59 Å². The Labute approximate surface area is 151 Å². The number of aliphatic carboxylic acids is 1. The zero-order valence-corrected chi connectivity index (χ0v) is 14.6. The van der Waals surface area contributed by atoms with Crippen LogP contribution in [0.1, 0.15) is 43.0 Å². The molecule has 2 heterocycles. The number of hydrogen-bond acceptors (Lipinski definition) is 5. The quantitative estimate of drug-likeness (QED) is 0.792. The molecular formula is C18H22N2O6. The maximum atomic E-state index is 12.8. The Balaban J connectivity index is 1.72. The third kappa shape index (κ3) is 3.58. The number of carbonyl (C=O) groups excluding carboxylic acids is 2. The van der Waals surface area contributed by atoms with E-state index in [9.17, 15) is 19.5 Å². The number of rotatable bonds is 6. The molecule has 0 spiro atoms. The molecule has 8 nitrogen and oxygen atoms in total. The predicted octanol–water partition coefficient (Wildman–Crippen LogP) is 1.39. The maximum absolute atomic E-state index is 12.8. The summed E-state index contributed by atoms with van der Waals surface area (Å²) in [6.07, 6.45) is 2.20. The van der Waals surface area contributed by atoms with Crippen LogP contribution in [0.5, 0.6) is 11.5 Å². The number of likely N-dealkylation sites (tertiary alicyclic amines) is 1. The molecule has 8 heteroatoms. The third-order valence-corrected chi connectivity index (χ3v) is 4.63. The van der Waals surface area contributed by atoms with Crippen LogP contribution in [0.25, 0.3) is 0 Å². The fraction of sp³-hybridized carbons (Fsp3) is 0.500. The minimum atomic E-state index is -1.06. The molecule has 140 valence electrons. The smallest absolute Gasteiger partial charge is 0.326 e. The lowest BCUT2D eigenvalue weighted by Crippen LogP contribution is -2.50. The number of ether oxygens (including phenoxy) is 2. The fourth-order valence-corrected chi connectivity index (χ4v) is 3.29. The minimum absolute atomic E-state index is 0.121. The number of nitrogens with zero attached hydrogens (tertiary/aromatic N) is 1. The normalized spacial score (nSPS) is 19.3. The van der Waals surface area contributed by atoms with Crippen molar-refractivity contribution >= 4 is 17.8 Å². The van der Waals surface area contributed by atoms with E-state index in [1.807, 2.05) is 6.92 Å². The van der Waals surface area contributed by atoms with E-state index in [0.717, 1.165) is 0 Å². The number of carboxylic acid groups (broad SMARTS) is 1. The maximum Gasteiger partial charge on any atom is 0.326 e. The summed E-state index contributed by atoms with van der Waals surface area (Å²) in [5.41, 5.74) is 0.414. The van der Waals surface area contributed by atoms with Crippen molar-refractivity contribution in [3.63, 3.8) is 0 Å². The number of hydrogen-bond donors (Lipinski definition) is 2. The number of nitrogens with one attached hydrogen (secondary N) is 1. The van der Waals surface area contributed by atoms with Crippen LogP contribution >= 0.6 is 0 Å². The molecule has 3 rings (SSSR count). The Morgan fingerprint density at radius 1 is 1.31 bits per heavy atom. The molecule has 2 aliphatic rings. The van der Waals surface area contributed by atoms with Crippen molar-refractivity contribution in [1.29, 1.82) is 0 Å². The van der Waals surface area contributed by atoms with Gasteiger partial charge in [-0.25, -0.2) is 4.79 Å². The summed E-state index contributed by atoms with van der Waals surface area (Å²) in [4.78, 5) is 38.2. The second kappa shape index (κ2) is 7.63. The summed E-state index contributed by atoms with van der Waals surface area (Å²) in [6, 6.07) is 3.32. The van der Waals surface area contributed by atoms with Crippen LogP contribution in [0.4, 0.5) is 0 Å². The standard InChI is InChI=1S/C18H22N2O6/c1-2-4-12(18(23)24)19-16(21)13-5-3-8-20(13)17(22)11-6-7-14-15(9-11)26-10-25-14/h6-7,9,12-13H,2-5,8,10H2,1H3,(H,19,21)(H,23,24). The highest BCUT2D eigenvalue weighted by atomic mass is 16.7. The zero-order valence-electron chi connectivity index (χ0n) is 14.6. The van der Waals surface area contributed by atoms with Gasteiger partial charge in [0.1, 0.15) is 12.1 Å². The van der Waals surface area contributed by atoms with Gasteiger partial charge in [-0.1, -0.05) is 13.3 Å². The molecule has 0 aliphatic carbocycles. The number of benzene rings is 1. The van der Waals surface area contributed by atoms with Gasteiger partial charge in [-0.2, -0.15) is 0 Å². The Morgan fingerprint density at radius 2 is 2.08 bits per heavy atom. The molecule has 1 aromatic carbocycles. The largest absolute Gasteiger partial charge is 0.480 e. The lowest BCUT2D eigenvalue weighted by Gasteiger charge is -2.25. The molecule has 1 aromatic rings. The first-order chi connectivity index (χ1) is 12.5. The van der Waals surface area contributed by atoms with Gasteiger partial charge in [0.2, 0.25) is 12.7 Å². The van der Waals surface area contributed by atoms with Crippen LogP contribution < -0.4 is 14.8 Å². The van der Waals surface area contributed by atoms with E-state index in [-0.39, 0.29) is 12.7 Å². The summed E-state index contributed by atoms with van der Waals surface area (Å²) in [5.74, 6) is -0.668. The third-order valence-electron chi connectivity index (χ3n) is 4.63. The number of fused-ring (bicyclic) bond motifs is 1. The first-order valence-electron chi connectivity index (χ1n) is 8.75. The van der Waals surface area contributed by atoms with E-state index in [4.69, 9.17) is 9.47 Å². The van der Waals surface area contributed by atoms with Crippen molar-refractivity contribution in [2.24, 2.45) is 0 Å². The van der Waals surface area contributed by atoms with Gasteiger partial charge >= 0.3 is 5.97 Å². The molecule has 2 aliphatic heterocycles. The SMILES string of the molecule is CCCC(NC(=O)C1CCCN1C(=O)c1ccc2c(c1)OCO2)C(=O)O. The molecule has 1 fully saturated rings. The van der Waals surface area contributed by atoms with E-state index in [2.05, 4.69) is 5.32 Å². The summed E-state index contributed by atoms with van der Waals surface area (Å²) in [6.45, 7) is 2.43. The molecule has 2 atom stereocenters. The number of amides is 2. The molecule has 0 radical (unpaired) electrons. The molecular weight excluding hydrogens is 340 g/mol. The Hall–Kier alpha value is -2.77. The van der Waals surface area contributed by atoms with Crippen LogP contribution in [0.15, 0.2) is 18.2 Å². The summed E-state index contributed by atoms with van der Waals surface area (Å²) in [5, 5.41) is 11.8. The molecule has 0 aromatic heterocycles. The average molecular weight is 362 g/mol. The number of carboxylic acids is 1. The molecule has 0 saturated carbocycles. The molecule has 2 N–H and O–H groups in total. The lowest BCUT2D eigenvalue weighted by molar-refractivity contribution is -0.142. The van der Waals surface area contributed by atoms with Crippen LogP contribution in [-0.4, -0.2) is 53.2 Å². The van der Waals surface area contributed by atoms with Gasteiger partial charge in [-0.15, -0.1) is 0 Å². The van der Waals surface area contributed by atoms with Crippen molar-refractivity contribution in [3.05, 3.63) is 23.8 Å². The van der Waals surface area contributed by atoms with Crippen LogP contribution in [0.2, 0.25) is 0 Å². The minimum Gasteiger partial charge on any atom is -0.480 e. The van der Waals surface area contributed by atoms with E-state index < -0.39 is 24.0 Å². The van der Waals surface area contributed by atoms with Gasteiger partial charge in [0.15, 0.2) is 11.5 Å². The first kappa shape index (κ1) is 18.0. The van der Waals surface area contributed by atoms with Gasteiger partial charge in [0.05, 0.1) is 0 Å². The number of carbonyl (C=O) groups is 3. The topological polar surface area (TPSA) is 105 Å². The van der Waals surface area contributed by atoms with Crippen molar-refractivity contribution in [1.82, 2.24) is 10.2 Å². The summed E-state index contributed by atoms with van der Waals surface area (Å²) >= 11 is 0. The molecule has 0 bridgehead atoms. The molecule has 2 amide bonds. The summed E-state index contributed by atoms with van der Waals surface area (Å²) in [7, 11) is 0. The average Bonchev–Trinajstić information content (AvgIpc) is 3.28. The predicted molar refractivity (Wildman–Crippen MR) is 91.1 cm³/mol. The van der Waals surface area contributed by atoms with Crippen molar-refractivity contribution in [3.8, 4) is 11.5 Å². The monoisotopic (exact) mass is 362 g/mol. The van der Waals surface area contributed by atoms with E-state index in [0.29, 0.717) is 49.3 Å². The fourth-order valence-electron chi connectivity index (χ4n) is 3.29. The van der Waals surface area contributed by atoms with Gasteiger partial charge in [0, 0.05) is 12.1 Å². The Morgan fingerprint density at radius 3 is 2.81 bits per heavy atom. The lowest BCUT2D eigenvalue weighted by atomic mass is 10.1. The molecule has 2 unspecified atom stereocenters. The van der Waals surface area contributed by atoms with Crippen LogP contribution in [0, 0.1) is 0 Å². The highest BCUT2D eigenvalue weighted by Crippen LogP contribution is 2.33. The Bertz CT molecular complexity index is 720. The highest BCUT2D eigenvalue weighted by Gasteiger charge is 2.36. The van der Waals surface area contributed by atoms with Gasteiger partial charge in [0.25, 0.3) is 5.91 Å². The van der Waals surface area contributed by atoms with Crippen molar-refractivity contribution in [2.45, 2.75) is 44.7 Å². The summed E-state index contributed by atoms with van der Waals surface area (Å²) < 4.78 is 10.5. The van der Waals surface area contributed by atoms with Gasteiger partial charge < -0.3 is 24.8 Å². The molecule has 26 heavy (non-hydrogen) atoms. The second-order valence-corrected chi connectivity index (χ2v) is 6.41. The zero-order chi connectivity index (χ0) is 18.7. The molecule has 1 saturated heterocycles. The van der Waals surface area contributed by atoms with Crippen molar-refractivity contribution < 1.29 is 29.0 Å².